The number of nitrogens with zero attached hydrogens (tertiary/aromatic N) is 2. The van der Waals surface area contributed by atoms with Crippen LogP contribution in [0.1, 0.15) is 17.7 Å². The second-order valence-electron chi connectivity index (χ2n) is 2.65. The van der Waals surface area contributed by atoms with Gasteiger partial charge in [0.1, 0.15) is 22.2 Å². The minimum atomic E-state index is -4.38. The highest BCUT2D eigenvalue weighted by molar-refractivity contribution is 8.14. The Labute approximate surface area is 93.9 Å². The Morgan fingerprint density at radius 2 is 2.12 bits per heavy atom. The summed E-state index contributed by atoms with van der Waals surface area (Å²) in [5.41, 5.74) is 2.99. The lowest BCUT2D eigenvalue weighted by molar-refractivity contribution is 0.145. The van der Waals surface area contributed by atoms with E-state index in [0.29, 0.717) is 0 Å². The Morgan fingerprint density at radius 3 is 2.50 bits per heavy atom. The summed E-state index contributed by atoms with van der Waals surface area (Å²) in [4.78, 5) is 2.37. The van der Waals surface area contributed by atoms with Gasteiger partial charge in [-0.3, -0.25) is 4.98 Å². The van der Waals surface area contributed by atoms with Gasteiger partial charge in [0.05, 0.1) is 11.9 Å². The van der Waals surface area contributed by atoms with E-state index < -0.39 is 37.3 Å². The van der Waals surface area contributed by atoms with Crippen molar-refractivity contribution in [3.05, 3.63) is 17.5 Å². The maximum atomic E-state index is 12.4. The van der Waals surface area contributed by atoms with Crippen molar-refractivity contribution in [1.29, 1.82) is 5.26 Å². The van der Waals surface area contributed by atoms with Crippen molar-refractivity contribution in [2.24, 2.45) is 0 Å². The van der Waals surface area contributed by atoms with Gasteiger partial charge in [-0.1, -0.05) is 0 Å². The quantitative estimate of drug-likeness (QED) is 0.817. The molecule has 0 amide bonds. The van der Waals surface area contributed by atoms with Crippen LogP contribution in [0, 0.1) is 11.3 Å². The number of rotatable bonds is 2. The molecule has 9 heteroatoms. The molecule has 0 radical (unpaired) electrons. The second kappa shape index (κ2) is 4.19. The zero-order chi connectivity index (χ0) is 12.5. The fourth-order valence-electron chi connectivity index (χ4n) is 1.06. The predicted molar refractivity (Wildman–Crippen MR) is 51.4 cm³/mol. The van der Waals surface area contributed by atoms with Crippen LogP contribution in [-0.4, -0.2) is 13.4 Å². The SMILES string of the molecule is N#Cc1c(C(F)F)ncc(N)c1S(=O)(=O)Cl. The van der Waals surface area contributed by atoms with E-state index in [1.807, 2.05) is 0 Å². The van der Waals surface area contributed by atoms with Crippen molar-refractivity contribution in [3.8, 4) is 6.07 Å². The molecule has 1 aromatic heterocycles. The van der Waals surface area contributed by atoms with Gasteiger partial charge in [-0.2, -0.15) is 5.26 Å². The third-order valence-corrected chi connectivity index (χ3v) is 3.04. The molecule has 1 rings (SSSR count). The summed E-state index contributed by atoms with van der Waals surface area (Å²) in [5, 5.41) is 8.63. The van der Waals surface area contributed by atoms with Crippen LogP contribution in [0.5, 0.6) is 0 Å². The standard InChI is InChI=1S/C7H4ClF2N3O2S/c8-16(14,15)6-3(1-11)5(7(9)10)13-2-4(6)12/h2,7H,12H2. The monoisotopic (exact) mass is 267 g/mol. The van der Waals surface area contributed by atoms with Gasteiger partial charge in [-0.15, -0.1) is 0 Å². The molecule has 0 aromatic carbocycles. The molecule has 0 saturated heterocycles. The largest absolute Gasteiger partial charge is 0.396 e. The minimum Gasteiger partial charge on any atom is -0.396 e. The lowest BCUT2D eigenvalue weighted by Crippen LogP contribution is -2.07. The average Bonchev–Trinajstić information content (AvgIpc) is 2.14. The molecule has 0 fully saturated rings. The normalized spacial score (nSPS) is 11.4. The molecule has 0 aliphatic heterocycles. The maximum absolute atomic E-state index is 12.4. The minimum absolute atomic E-state index is 0.448. The van der Waals surface area contributed by atoms with Crippen molar-refractivity contribution >= 4 is 25.4 Å². The molecular weight excluding hydrogens is 264 g/mol. The van der Waals surface area contributed by atoms with Gasteiger partial charge in [-0.25, -0.2) is 17.2 Å². The molecule has 0 saturated carbocycles. The Bertz CT molecular complexity index is 568. The number of alkyl halides is 2. The first kappa shape index (κ1) is 12.6. The number of aromatic nitrogens is 1. The van der Waals surface area contributed by atoms with Gasteiger partial charge in [-0.05, 0) is 0 Å². The van der Waals surface area contributed by atoms with Crippen molar-refractivity contribution in [3.63, 3.8) is 0 Å². The molecule has 5 nitrogen and oxygen atoms in total. The van der Waals surface area contributed by atoms with Crippen molar-refractivity contribution in [2.45, 2.75) is 11.3 Å². The van der Waals surface area contributed by atoms with Crippen LogP contribution >= 0.6 is 10.7 Å². The van der Waals surface area contributed by atoms with E-state index in [4.69, 9.17) is 21.7 Å². The summed E-state index contributed by atoms with van der Waals surface area (Å²) in [6.07, 6.45) is -2.37. The second-order valence-corrected chi connectivity index (χ2v) is 5.16. The lowest BCUT2D eigenvalue weighted by atomic mass is 10.2. The van der Waals surface area contributed by atoms with Crippen LogP contribution in [-0.2, 0) is 9.05 Å². The number of anilines is 1. The van der Waals surface area contributed by atoms with E-state index in [1.165, 1.54) is 6.07 Å². The Balaban J connectivity index is 3.74. The van der Waals surface area contributed by atoms with Crippen LogP contribution in [0.3, 0.4) is 0 Å². The first-order valence-corrected chi connectivity index (χ1v) is 6.01. The van der Waals surface area contributed by atoms with E-state index in [9.17, 15) is 17.2 Å². The van der Waals surface area contributed by atoms with E-state index in [1.54, 1.807) is 0 Å². The maximum Gasteiger partial charge on any atom is 0.281 e. The number of nitrogen functional groups attached to an aromatic ring is 1. The molecule has 0 aliphatic carbocycles. The Morgan fingerprint density at radius 1 is 1.56 bits per heavy atom. The highest BCUT2D eigenvalue weighted by Crippen LogP contribution is 2.31. The summed E-state index contributed by atoms with van der Waals surface area (Å²) in [5.74, 6) is 0. The van der Waals surface area contributed by atoms with Crippen molar-refractivity contribution in [2.75, 3.05) is 5.73 Å². The average molecular weight is 268 g/mol. The third-order valence-electron chi connectivity index (χ3n) is 1.65. The van der Waals surface area contributed by atoms with Gasteiger partial charge in [0, 0.05) is 10.7 Å². The van der Waals surface area contributed by atoms with E-state index in [-0.39, 0.29) is 0 Å². The van der Waals surface area contributed by atoms with Crippen molar-refractivity contribution < 1.29 is 17.2 Å². The molecule has 0 spiro atoms. The molecule has 16 heavy (non-hydrogen) atoms. The highest BCUT2D eigenvalue weighted by Gasteiger charge is 2.26. The smallest absolute Gasteiger partial charge is 0.281 e. The molecule has 1 aromatic rings. The highest BCUT2D eigenvalue weighted by atomic mass is 35.7. The van der Waals surface area contributed by atoms with Crippen LogP contribution in [0.15, 0.2) is 11.1 Å². The summed E-state index contributed by atoms with van der Waals surface area (Å²) < 4.78 is 47.0. The Kier molecular flexibility index (Phi) is 3.30. The first-order chi connectivity index (χ1) is 7.29. The lowest BCUT2D eigenvalue weighted by Gasteiger charge is -2.07. The summed E-state index contributed by atoms with van der Waals surface area (Å²) in [6, 6.07) is 1.31. The number of pyridine rings is 1. The van der Waals surface area contributed by atoms with Gasteiger partial charge in [0.25, 0.3) is 15.5 Å². The summed E-state index contributed by atoms with van der Waals surface area (Å²) >= 11 is 0. The van der Waals surface area contributed by atoms with Crippen LogP contribution in [0.4, 0.5) is 14.5 Å². The number of nitrogens with two attached hydrogens (primary N) is 1. The molecule has 0 aliphatic rings. The summed E-state index contributed by atoms with van der Waals surface area (Å²) in [6.45, 7) is 0. The molecule has 1 heterocycles. The zero-order valence-electron chi connectivity index (χ0n) is 7.49. The van der Waals surface area contributed by atoms with Crippen LogP contribution in [0.25, 0.3) is 0 Å². The fourth-order valence-corrected chi connectivity index (χ4v) is 2.29. The molecule has 2 N–H and O–H groups in total. The molecule has 0 bridgehead atoms. The van der Waals surface area contributed by atoms with E-state index >= 15 is 0 Å². The molecule has 86 valence electrons. The van der Waals surface area contributed by atoms with Crippen LogP contribution < -0.4 is 5.73 Å². The topological polar surface area (TPSA) is 96.8 Å². The number of nitriles is 1. The van der Waals surface area contributed by atoms with Crippen molar-refractivity contribution in [1.82, 2.24) is 4.98 Å². The number of halogens is 3. The van der Waals surface area contributed by atoms with E-state index in [0.717, 1.165) is 6.20 Å². The first-order valence-electron chi connectivity index (χ1n) is 3.70. The van der Waals surface area contributed by atoms with Crippen LogP contribution in [0.2, 0.25) is 0 Å². The summed E-state index contributed by atoms with van der Waals surface area (Å²) in [7, 11) is 0.612. The number of hydrogen-bond donors (Lipinski definition) is 1. The molecule has 0 atom stereocenters. The molecular formula is C7H4ClF2N3O2S. The fraction of sp³-hybridized carbons (Fsp3) is 0.143. The van der Waals surface area contributed by atoms with E-state index in [2.05, 4.69) is 4.98 Å². The van der Waals surface area contributed by atoms with Gasteiger partial charge in [0.15, 0.2) is 0 Å². The number of hydrogen-bond acceptors (Lipinski definition) is 5. The predicted octanol–water partition coefficient (Wildman–Crippen LogP) is 1.40. The third kappa shape index (κ3) is 2.20. The zero-order valence-corrected chi connectivity index (χ0v) is 9.06. The Hall–Kier alpha value is -1.46. The van der Waals surface area contributed by atoms with Gasteiger partial charge >= 0.3 is 0 Å². The molecule has 0 unspecified atom stereocenters. The van der Waals surface area contributed by atoms with Gasteiger partial charge in [0.2, 0.25) is 0 Å². The van der Waals surface area contributed by atoms with Gasteiger partial charge < -0.3 is 5.73 Å².